The third-order valence-corrected chi connectivity index (χ3v) is 5.73. The molecule has 1 aliphatic rings. The number of hydrogen-bond donors (Lipinski definition) is 6. The molecule has 1 saturated heterocycles. The molecule has 3 amide bonds. The van der Waals surface area contributed by atoms with Crippen LogP contribution in [0.1, 0.15) is 37.7 Å². The van der Waals surface area contributed by atoms with Gasteiger partial charge in [0.25, 0.3) is 0 Å². The minimum Gasteiger partial charge on any atom is -0.481 e. The van der Waals surface area contributed by atoms with Gasteiger partial charge in [0.1, 0.15) is 18.1 Å². The second-order valence-corrected chi connectivity index (χ2v) is 8.48. The fourth-order valence-electron chi connectivity index (χ4n) is 3.91. The Labute approximate surface area is 206 Å². The van der Waals surface area contributed by atoms with E-state index >= 15 is 0 Å². The summed E-state index contributed by atoms with van der Waals surface area (Å²) in [6, 6.07) is 3.70. The van der Waals surface area contributed by atoms with Crippen molar-refractivity contribution < 1.29 is 44.1 Å². The average molecular weight is 507 g/mol. The Bertz CT molecular complexity index is 985. The van der Waals surface area contributed by atoms with Crippen LogP contribution in [0.2, 0.25) is 0 Å². The van der Waals surface area contributed by atoms with Crippen molar-refractivity contribution in [2.75, 3.05) is 6.54 Å². The van der Waals surface area contributed by atoms with Crippen molar-refractivity contribution in [1.29, 1.82) is 0 Å². The molecule has 0 spiro atoms. The molecule has 1 aromatic rings. The fourth-order valence-corrected chi connectivity index (χ4v) is 3.91. The van der Waals surface area contributed by atoms with Gasteiger partial charge < -0.3 is 36.6 Å². The van der Waals surface area contributed by atoms with E-state index in [0.29, 0.717) is 12.0 Å². The van der Waals surface area contributed by atoms with Gasteiger partial charge in [0.15, 0.2) is 0 Å². The lowest BCUT2D eigenvalue weighted by Gasteiger charge is -2.30. The van der Waals surface area contributed by atoms with Gasteiger partial charge in [-0.05, 0) is 24.8 Å². The number of rotatable bonds is 13. The number of carbonyl (C=O) groups excluding carboxylic acids is 3. The first-order valence-corrected chi connectivity index (χ1v) is 11.4. The van der Waals surface area contributed by atoms with E-state index in [-0.39, 0.29) is 25.8 Å². The number of carbonyl (C=O) groups is 6. The van der Waals surface area contributed by atoms with Crippen LogP contribution in [-0.2, 0) is 35.2 Å². The number of aliphatic carboxylic acids is 3. The zero-order valence-corrected chi connectivity index (χ0v) is 19.5. The standard InChI is InChI=1S/C23H30N4O9/c24-14(12-19(30)31)20(32)26-16(11-13-5-2-1-3-6-13)22(34)27-10-4-7-17(27)21(33)25-15(23(35)36)8-9-18(28)29/h1-3,5-6,14-17H,4,7-12,24H2,(H,25,33)(H,26,32)(H,28,29)(H,30,31)(H,35,36). The number of carboxylic acid groups (broad SMARTS) is 3. The molecular weight excluding hydrogens is 476 g/mol. The first kappa shape index (κ1) is 28.2. The summed E-state index contributed by atoms with van der Waals surface area (Å²) in [6.45, 7) is 0.173. The third kappa shape index (κ3) is 8.34. The number of nitrogens with one attached hydrogen (secondary N) is 2. The summed E-state index contributed by atoms with van der Waals surface area (Å²) < 4.78 is 0. The van der Waals surface area contributed by atoms with E-state index in [1.165, 1.54) is 4.90 Å². The lowest BCUT2D eigenvalue weighted by molar-refractivity contribution is -0.145. The van der Waals surface area contributed by atoms with E-state index in [9.17, 15) is 33.9 Å². The van der Waals surface area contributed by atoms with Crippen LogP contribution in [0.25, 0.3) is 0 Å². The highest BCUT2D eigenvalue weighted by Crippen LogP contribution is 2.20. The largest absolute Gasteiger partial charge is 0.481 e. The number of hydrogen-bond acceptors (Lipinski definition) is 7. The van der Waals surface area contributed by atoms with Crippen LogP contribution in [0.15, 0.2) is 30.3 Å². The molecule has 0 radical (unpaired) electrons. The number of likely N-dealkylation sites (tertiary alicyclic amines) is 1. The van der Waals surface area contributed by atoms with Crippen LogP contribution in [0.4, 0.5) is 0 Å². The fraction of sp³-hybridized carbons (Fsp3) is 0.478. The minimum atomic E-state index is -1.44. The number of benzene rings is 1. The molecule has 36 heavy (non-hydrogen) atoms. The van der Waals surface area contributed by atoms with Crippen LogP contribution < -0.4 is 16.4 Å². The molecule has 1 fully saturated rings. The van der Waals surface area contributed by atoms with Crippen molar-refractivity contribution >= 4 is 35.6 Å². The number of nitrogens with zero attached hydrogens (tertiary/aromatic N) is 1. The van der Waals surface area contributed by atoms with E-state index in [4.69, 9.17) is 15.9 Å². The summed E-state index contributed by atoms with van der Waals surface area (Å²) in [7, 11) is 0. The zero-order valence-electron chi connectivity index (χ0n) is 19.5. The van der Waals surface area contributed by atoms with E-state index in [1.54, 1.807) is 30.3 Å². The third-order valence-electron chi connectivity index (χ3n) is 5.73. The first-order valence-electron chi connectivity index (χ1n) is 11.4. The van der Waals surface area contributed by atoms with Crippen molar-refractivity contribution in [2.45, 2.75) is 62.7 Å². The van der Waals surface area contributed by atoms with Gasteiger partial charge >= 0.3 is 17.9 Å². The highest BCUT2D eigenvalue weighted by atomic mass is 16.4. The molecule has 4 atom stereocenters. The molecule has 0 bridgehead atoms. The van der Waals surface area contributed by atoms with Gasteiger partial charge in [0, 0.05) is 19.4 Å². The van der Waals surface area contributed by atoms with Crippen LogP contribution >= 0.6 is 0 Å². The minimum absolute atomic E-state index is 0.0480. The molecule has 2 rings (SSSR count). The van der Waals surface area contributed by atoms with E-state index in [1.807, 2.05) is 0 Å². The second-order valence-electron chi connectivity index (χ2n) is 8.48. The molecule has 13 heteroatoms. The Morgan fingerprint density at radius 1 is 0.972 bits per heavy atom. The van der Waals surface area contributed by atoms with Crippen LogP contribution in [-0.4, -0.2) is 86.6 Å². The maximum absolute atomic E-state index is 13.5. The lowest BCUT2D eigenvalue weighted by atomic mass is 10.0. The van der Waals surface area contributed by atoms with Gasteiger partial charge in [0.2, 0.25) is 17.7 Å². The Balaban J connectivity index is 2.19. The number of carboxylic acids is 3. The highest BCUT2D eigenvalue weighted by Gasteiger charge is 2.39. The van der Waals surface area contributed by atoms with Crippen LogP contribution in [0.3, 0.4) is 0 Å². The maximum atomic E-state index is 13.5. The van der Waals surface area contributed by atoms with Gasteiger partial charge in [-0.1, -0.05) is 30.3 Å². The lowest BCUT2D eigenvalue weighted by Crippen LogP contribution is -2.57. The predicted molar refractivity (Wildman–Crippen MR) is 123 cm³/mol. The van der Waals surface area contributed by atoms with Crippen LogP contribution in [0.5, 0.6) is 0 Å². The summed E-state index contributed by atoms with van der Waals surface area (Å²) in [6.07, 6.45) is -0.696. The second kappa shape index (κ2) is 13.2. The van der Waals surface area contributed by atoms with Gasteiger partial charge in [-0.3, -0.25) is 24.0 Å². The van der Waals surface area contributed by atoms with Crippen molar-refractivity contribution in [3.05, 3.63) is 35.9 Å². The van der Waals surface area contributed by atoms with Gasteiger partial charge in [-0.15, -0.1) is 0 Å². The van der Waals surface area contributed by atoms with Crippen molar-refractivity contribution in [3.8, 4) is 0 Å². The molecule has 4 unspecified atom stereocenters. The predicted octanol–water partition coefficient (Wildman–Crippen LogP) is -1.06. The first-order chi connectivity index (χ1) is 17.0. The number of amides is 3. The van der Waals surface area contributed by atoms with Crippen LogP contribution in [0, 0.1) is 0 Å². The van der Waals surface area contributed by atoms with Gasteiger partial charge in [0.05, 0.1) is 12.5 Å². The molecule has 7 N–H and O–H groups in total. The molecule has 1 aromatic carbocycles. The quantitative estimate of drug-likeness (QED) is 0.190. The summed E-state index contributed by atoms with van der Waals surface area (Å²) in [5.74, 6) is -6.09. The van der Waals surface area contributed by atoms with Crippen molar-refractivity contribution in [2.24, 2.45) is 5.73 Å². The SMILES string of the molecule is NC(CC(=O)O)C(=O)NC(Cc1ccccc1)C(=O)N1CCCC1C(=O)NC(CCC(=O)O)C(=O)O. The Morgan fingerprint density at radius 3 is 2.22 bits per heavy atom. The summed E-state index contributed by atoms with van der Waals surface area (Å²) in [4.78, 5) is 73.2. The smallest absolute Gasteiger partial charge is 0.326 e. The molecular formula is C23H30N4O9. The van der Waals surface area contributed by atoms with Gasteiger partial charge in [-0.25, -0.2) is 4.79 Å². The molecule has 1 heterocycles. The number of nitrogens with two attached hydrogens (primary N) is 1. The summed E-state index contributed by atoms with van der Waals surface area (Å²) in [5, 5.41) is 31.8. The summed E-state index contributed by atoms with van der Waals surface area (Å²) >= 11 is 0. The average Bonchev–Trinajstić information content (AvgIpc) is 3.30. The van der Waals surface area contributed by atoms with Crippen molar-refractivity contribution in [1.82, 2.24) is 15.5 Å². The van der Waals surface area contributed by atoms with E-state index in [2.05, 4.69) is 10.6 Å². The zero-order chi connectivity index (χ0) is 26.8. The monoisotopic (exact) mass is 506 g/mol. The normalized spacial score (nSPS) is 17.5. The molecule has 1 aliphatic heterocycles. The topological polar surface area (TPSA) is 216 Å². The molecule has 0 aliphatic carbocycles. The Kier molecular flexibility index (Phi) is 10.3. The highest BCUT2D eigenvalue weighted by molar-refractivity contribution is 5.95. The van der Waals surface area contributed by atoms with Crippen molar-refractivity contribution in [3.63, 3.8) is 0 Å². The molecule has 196 valence electrons. The van der Waals surface area contributed by atoms with Gasteiger partial charge in [-0.2, -0.15) is 0 Å². The summed E-state index contributed by atoms with van der Waals surface area (Å²) in [5.41, 5.74) is 6.34. The molecule has 13 nitrogen and oxygen atoms in total. The molecule has 0 saturated carbocycles. The Morgan fingerprint density at radius 2 is 1.64 bits per heavy atom. The Hall–Kier alpha value is -4.00. The maximum Gasteiger partial charge on any atom is 0.326 e. The van der Waals surface area contributed by atoms with E-state index in [0.717, 1.165) is 0 Å². The molecule has 0 aromatic heterocycles. The van der Waals surface area contributed by atoms with E-state index < -0.39 is 72.6 Å².